The number of carbonyl (C=O) groups excluding carboxylic acids is 1. The van der Waals surface area contributed by atoms with E-state index in [9.17, 15) is 4.79 Å². The molecule has 114 valence electrons. The number of rotatable bonds is 6. The van der Waals surface area contributed by atoms with Crippen molar-refractivity contribution in [2.24, 2.45) is 5.10 Å². The lowest BCUT2D eigenvalue weighted by atomic mass is 10.1. The molecule has 0 saturated heterocycles. The van der Waals surface area contributed by atoms with Crippen molar-refractivity contribution >= 4 is 11.6 Å². The summed E-state index contributed by atoms with van der Waals surface area (Å²) in [6.07, 6.45) is 0.739. The molecule has 0 heterocycles. The van der Waals surface area contributed by atoms with Crippen LogP contribution in [0.4, 0.5) is 0 Å². The molecule has 0 saturated carbocycles. The molecule has 0 atom stereocenters. The topological polar surface area (TPSA) is 50.7 Å². The number of amides is 1. The summed E-state index contributed by atoms with van der Waals surface area (Å²) in [5.74, 6) is 0.404. The molecule has 0 radical (unpaired) electrons. The lowest BCUT2D eigenvalue weighted by Gasteiger charge is -2.07. The molecule has 0 fully saturated rings. The normalized spacial score (nSPS) is 11.1. The van der Waals surface area contributed by atoms with Crippen LogP contribution in [0.1, 0.15) is 24.5 Å². The Morgan fingerprint density at radius 3 is 2.59 bits per heavy atom. The van der Waals surface area contributed by atoms with Gasteiger partial charge >= 0.3 is 0 Å². The van der Waals surface area contributed by atoms with Crippen molar-refractivity contribution < 1.29 is 9.53 Å². The van der Waals surface area contributed by atoms with Gasteiger partial charge in [-0.3, -0.25) is 4.79 Å². The van der Waals surface area contributed by atoms with Gasteiger partial charge in [-0.05, 0) is 36.6 Å². The first-order chi connectivity index (χ1) is 10.7. The minimum atomic E-state index is -0.275. The smallest absolute Gasteiger partial charge is 0.277 e. The van der Waals surface area contributed by atoms with Crippen LogP contribution in [0.3, 0.4) is 0 Å². The van der Waals surface area contributed by atoms with Gasteiger partial charge in [-0.2, -0.15) is 5.10 Å². The maximum Gasteiger partial charge on any atom is 0.277 e. The highest BCUT2D eigenvalue weighted by atomic mass is 16.5. The van der Waals surface area contributed by atoms with Crippen LogP contribution in [0.25, 0.3) is 0 Å². The van der Waals surface area contributed by atoms with Crippen LogP contribution in [0.2, 0.25) is 0 Å². The van der Waals surface area contributed by atoms with Crippen molar-refractivity contribution in [1.82, 2.24) is 5.43 Å². The Balaban J connectivity index is 1.90. The van der Waals surface area contributed by atoms with Gasteiger partial charge in [0.2, 0.25) is 0 Å². The third-order valence-corrected chi connectivity index (χ3v) is 3.12. The maximum absolute atomic E-state index is 11.8. The largest absolute Gasteiger partial charge is 0.484 e. The molecular formula is C18H20N2O2. The molecule has 0 spiro atoms. The van der Waals surface area contributed by atoms with E-state index >= 15 is 0 Å². The van der Waals surface area contributed by atoms with E-state index < -0.39 is 0 Å². The van der Waals surface area contributed by atoms with E-state index in [1.54, 1.807) is 0 Å². The third-order valence-electron chi connectivity index (χ3n) is 3.12. The minimum absolute atomic E-state index is 0.0568. The standard InChI is InChI=1S/C18H20N2O2/c1-3-17(15-9-5-4-6-10-15)19-20-18(21)13-22-16-11-7-8-14(2)12-16/h4-12H,3,13H2,1-2H3,(H,20,21)/b19-17-. The van der Waals surface area contributed by atoms with Gasteiger partial charge in [0.1, 0.15) is 5.75 Å². The number of hydrogen-bond acceptors (Lipinski definition) is 3. The molecule has 22 heavy (non-hydrogen) atoms. The summed E-state index contributed by atoms with van der Waals surface area (Å²) in [4.78, 5) is 11.8. The summed E-state index contributed by atoms with van der Waals surface area (Å²) in [5.41, 5.74) is 5.47. The van der Waals surface area contributed by atoms with Crippen LogP contribution in [0.15, 0.2) is 59.7 Å². The van der Waals surface area contributed by atoms with E-state index in [0.29, 0.717) is 5.75 Å². The van der Waals surface area contributed by atoms with E-state index in [0.717, 1.165) is 23.3 Å². The highest BCUT2D eigenvalue weighted by Crippen LogP contribution is 2.11. The summed E-state index contributed by atoms with van der Waals surface area (Å²) in [6, 6.07) is 17.4. The van der Waals surface area contributed by atoms with Crippen molar-refractivity contribution in [3.63, 3.8) is 0 Å². The Bertz CT molecular complexity index is 651. The molecule has 4 nitrogen and oxygen atoms in total. The van der Waals surface area contributed by atoms with Gasteiger partial charge in [0, 0.05) is 0 Å². The number of nitrogens with one attached hydrogen (secondary N) is 1. The molecule has 4 heteroatoms. The summed E-state index contributed by atoms with van der Waals surface area (Å²) in [7, 11) is 0. The number of carbonyl (C=O) groups is 1. The average molecular weight is 296 g/mol. The molecule has 0 aromatic heterocycles. The van der Waals surface area contributed by atoms with Gasteiger partial charge in [-0.25, -0.2) is 5.43 Å². The average Bonchev–Trinajstić information content (AvgIpc) is 2.54. The van der Waals surface area contributed by atoms with Gasteiger partial charge in [0.25, 0.3) is 5.91 Å². The van der Waals surface area contributed by atoms with Crippen molar-refractivity contribution in [3.8, 4) is 5.75 Å². The number of ether oxygens (including phenoxy) is 1. The number of hydrogen-bond donors (Lipinski definition) is 1. The van der Waals surface area contributed by atoms with Gasteiger partial charge in [0.15, 0.2) is 6.61 Å². The summed E-state index contributed by atoms with van der Waals surface area (Å²) in [6.45, 7) is 3.92. The third kappa shape index (κ3) is 4.74. The van der Waals surface area contributed by atoms with Crippen LogP contribution in [-0.2, 0) is 4.79 Å². The second-order valence-corrected chi connectivity index (χ2v) is 4.92. The van der Waals surface area contributed by atoms with Crippen molar-refractivity contribution in [2.45, 2.75) is 20.3 Å². The summed E-state index contributed by atoms with van der Waals surface area (Å²) < 4.78 is 5.44. The SMILES string of the molecule is CC/C(=N/NC(=O)COc1cccc(C)c1)c1ccccc1. The van der Waals surface area contributed by atoms with E-state index in [-0.39, 0.29) is 12.5 Å². The molecule has 1 N–H and O–H groups in total. The first kappa shape index (κ1) is 15.8. The summed E-state index contributed by atoms with van der Waals surface area (Å²) in [5, 5.41) is 4.18. The van der Waals surface area contributed by atoms with Crippen LogP contribution in [-0.4, -0.2) is 18.2 Å². The fourth-order valence-corrected chi connectivity index (χ4v) is 1.99. The number of aryl methyl sites for hydroxylation is 1. The lowest BCUT2D eigenvalue weighted by molar-refractivity contribution is -0.123. The molecule has 0 aliphatic heterocycles. The Morgan fingerprint density at radius 1 is 1.14 bits per heavy atom. The van der Waals surface area contributed by atoms with Crippen LogP contribution >= 0.6 is 0 Å². The first-order valence-corrected chi connectivity index (χ1v) is 7.29. The Labute approximate surface area is 130 Å². The molecule has 0 bridgehead atoms. The summed E-state index contributed by atoms with van der Waals surface area (Å²) >= 11 is 0. The highest BCUT2D eigenvalue weighted by Gasteiger charge is 2.04. The Morgan fingerprint density at radius 2 is 1.91 bits per heavy atom. The minimum Gasteiger partial charge on any atom is -0.484 e. The van der Waals surface area contributed by atoms with Crippen molar-refractivity contribution in [1.29, 1.82) is 0 Å². The number of hydrazone groups is 1. The highest BCUT2D eigenvalue weighted by molar-refractivity contribution is 6.00. The quantitative estimate of drug-likeness (QED) is 0.657. The second kappa shape index (κ2) is 7.98. The maximum atomic E-state index is 11.8. The Hall–Kier alpha value is -2.62. The molecule has 0 unspecified atom stereocenters. The van der Waals surface area contributed by atoms with Crippen LogP contribution < -0.4 is 10.2 Å². The lowest BCUT2D eigenvalue weighted by Crippen LogP contribution is -2.26. The Kier molecular flexibility index (Phi) is 5.72. The van der Waals surface area contributed by atoms with Crippen molar-refractivity contribution in [3.05, 3.63) is 65.7 Å². The van der Waals surface area contributed by atoms with E-state index in [2.05, 4.69) is 10.5 Å². The zero-order valence-electron chi connectivity index (χ0n) is 12.9. The number of nitrogens with zero attached hydrogens (tertiary/aromatic N) is 1. The molecule has 1 amide bonds. The van der Waals surface area contributed by atoms with Crippen LogP contribution in [0.5, 0.6) is 5.75 Å². The first-order valence-electron chi connectivity index (χ1n) is 7.29. The predicted molar refractivity (Wildman–Crippen MR) is 88.1 cm³/mol. The zero-order valence-corrected chi connectivity index (χ0v) is 12.9. The van der Waals surface area contributed by atoms with Crippen LogP contribution in [0, 0.1) is 6.92 Å². The molecule has 2 aromatic rings. The van der Waals surface area contributed by atoms with Gasteiger partial charge in [-0.1, -0.05) is 49.4 Å². The number of benzene rings is 2. The van der Waals surface area contributed by atoms with Gasteiger partial charge in [-0.15, -0.1) is 0 Å². The van der Waals surface area contributed by atoms with E-state index in [4.69, 9.17) is 4.74 Å². The molecule has 0 aliphatic carbocycles. The van der Waals surface area contributed by atoms with Gasteiger partial charge in [0.05, 0.1) is 5.71 Å². The second-order valence-electron chi connectivity index (χ2n) is 4.92. The molecular weight excluding hydrogens is 276 g/mol. The zero-order chi connectivity index (χ0) is 15.8. The van der Waals surface area contributed by atoms with Crippen molar-refractivity contribution in [2.75, 3.05) is 6.61 Å². The van der Waals surface area contributed by atoms with E-state index in [1.165, 1.54) is 0 Å². The monoisotopic (exact) mass is 296 g/mol. The molecule has 2 aromatic carbocycles. The molecule has 2 rings (SSSR count). The molecule has 0 aliphatic rings. The fraction of sp³-hybridized carbons (Fsp3) is 0.222. The predicted octanol–water partition coefficient (Wildman–Crippen LogP) is 3.30. The van der Waals surface area contributed by atoms with E-state index in [1.807, 2.05) is 68.4 Å². The fourth-order valence-electron chi connectivity index (χ4n) is 1.99. The van der Waals surface area contributed by atoms with Gasteiger partial charge < -0.3 is 4.74 Å².